The SMILES string of the molecule is COc1ccc(OC)c(CC2=NN=C(N)/C2=N/Nc2ccccc2)c1. The van der Waals surface area contributed by atoms with Crippen molar-refractivity contribution < 1.29 is 9.47 Å². The number of methoxy groups -OCH3 is 2. The minimum Gasteiger partial charge on any atom is -0.497 e. The molecule has 0 unspecified atom stereocenters. The van der Waals surface area contributed by atoms with E-state index >= 15 is 0 Å². The van der Waals surface area contributed by atoms with E-state index in [1.54, 1.807) is 14.2 Å². The lowest BCUT2D eigenvalue weighted by atomic mass is 10.0. The molecule has 0 saturated heterocycles. The number of ether oxygens (including phenoxy) is 2. The highest BCUT2D eigenvalue weighted by Gasteiger charge is 2.22. The summed E-state index contributed by atoms with van der Waals surface area (Å²) in [4.78, 5) is 0. The van der Waals surface area contributed by atoms with E-state index in [1.807, 2.05) is 48.5 Å². The predicted octanol–water partition coefficient (Wildman–Crippen LogP) is 2.44. The fourth-order valence-corrected chi connectivity index (χ4v) is 2.43. The Kier molecular flexibility index (Phi) is 4.94. The summed E-state index contributed by atoms with van der Waals surface area (Å²) < 4.78 is 10.7. The number of hydrogen-bond donors (Lipinski definition) is 2. The number of hydrazone groups is 1. The Morgan fingerprint density at radius 2 is 1.84 bits per heavy atom. The van der Waals surface area contributed by atoms with Gasteiger partial charge in [0.1, 0.15) is 11.5 Å². The molecule has 2 aromatic rings. The quantitative estimate of drug-likeness (QED) is 0.792. The molecule has 0 atom stereocenters. The van der Waals surface area contributed by atoms with Crippen LogP contribution in [0.3, 0.4) is 0 Å². The van der Waals surface area contributed by atoms with Gasteiger partial charge in [-0.15, -0.1) is 5.10 Å². The van der Waals surface area contributed by atoms with Crippen molar-refractivity contribution in [2.24, 2.45) is 21.0 Å². The van der Waals surface area contributed by atoms with Crippen LogP contribution in [0, 0.1) is 0 Å². The van der Waals surface area contributed by atoms with Crippen LogP contribution in [0.4, 0.5) is 5.69 Å². The summed E-state index contributed by atoms with van der Waals surface area (Å²) in [5, 5.41) is 12.5. The van der Waals surface area contributed by atoms with Crippen LogP contribution in [-0.2, 0) is 6.42 Å². The third kappa shape index (κ3) is 3.77. The highest BCUT2D eigenvalue weighted by atomic mass is 16.5. The van der Waals surface area contributed by atoms with Crippen LogP contribution in [0.25, 0.3) is 0 Å². The van der Waals surface area contributed by atoms with Gasteiger partial charge in [-0.1, -0.05) is 18.2 Å². The van der Waals surface area contributed by atoms with Crippen molar-refractivity contribution in [3.8, 4) is 11.5 Å². The number of benzene rings is 2. The number of nitrogens with one attached hydrogen (secondary N) is 1. The summed E-state index contributed by atoms with van der Waals surface area (Å²) in [5.74, 6) is 1.76. The summed E-state index contributed by atoms with van der Waals surface area (Å²) in [7, 11) is 3.25. The van der Waals surface area contributed by atoms with Gasteiger partial charge in [0.25, 0.3) is 0 Å². The molecule has 7 nitrogen and oxygen atoms in total. The highest BCUT2D eigenvalue weighted by Crippen LogP contribution is 2.25. The van der Waals surface area contributed by atoms with Crippen LogP contribution in [0.5, 0.6) is 11.5 Å². The molecular weight excluding hydrogens is 318 g/mol. The van der Waals surface area contributed by atoms with Gasteiger partial charge in [-0.05, 0) is 30.3 Å². The average Bonchev–Trinajstić information content (AvgIpc) is 3.00. The maximum absolute atomic E-state index is 5.92. The number of amidine groups is 1. The van der Waals surface area contributed by atoms with E-state index in [4.69, 9.17) is 15.2 Å². The van der Waals surface area contributed by atoms with Crippen LogP contribution in [0.2, 0.25) is 0 Å². The predicted molar refractivity (Wildman–Crippen MR) is 99.8 cm³/mol. The summed E-state index contributed by atoms with van der Waals surface area (Å²) in [6.45, 7) is 0. The van der Waals surface area contributed by atoms with Crippen molar-refractivity contribution >= 4 is 22.9 Å². The smallest absolute Gasteiger partial charge is 0.175 e. The molecule has 0 saturated carbocycles. The summed E-state index contributed by atoms with van der Waals surface area (Å²) in [6, 6.07) is 15.2. The van der Waals surface area contributed by atoms with Gasteiger partial charge in [-0.2, -0.15) is 10.2 Å². The first-order chi connectivity index (χ1) is 12.2. The van der Waals surface area contributed by atoms with Crippen molar-refractivity contribution in [2.45, 2.75) is 6.42 Å². The van der Waals surface area contributed by atoms with E-state index in [1.165, 1.54) is 0 Å². The van der Waals surface area contributed by atoms with Crippen LogP contribution >= 0.6 is 0 Å². The molecule has 3 rings (SSSR count). The molecule has 0 spiro atoms. The lowest BCUT2D eigenvalue weighted by molar-refractivity contribution is 0.400. The largest absolute Gasteiger partial charge is 0.497 e. The molecule has 0 aromatic heterocycles. The molecule has 128 valence electrons. The van der Waals surface area contributed by atoms with E-state index in [2.05, 4.69) is 20.7 Å². The fourth-order valence-electron chi connectivity index (χ4n) is 2.43. The number of hydrogen-bond acceptors (Lipinski definition) is 7. The van der Waals surface area contributed by atoms with Gasteiger partial charge in [0, 0.05) is 12.0 Å². The molecular formula is C18H19N5O2. The number of nitrogens with two attached hydrogens (primary N) is 1. The fraction of sp³-hybridized carbons (Fsp3) is 0.167. The summed E-state index contributed by atoms with van der Waals surface area (Å²) in [5.41, 5.74) is 11.8. The van der Waals surface area contributed by atoms with E-state index in [0.29, 0.717) is 17.8 Å². The Labute approximate surface area is 145 Å². The topological polar surface area (TPSA) is 93.6 Å². The van der Waals surface area contributed by atoms with Gasteiger partial charge in [0.2, 0.25) is 0 Å². The molecule has 0 radical (unpaired) electrons. The Morgan fingerprint density at radius 3 is 2.56 bits per heavy atom. The molecule has 25 heavy (non-hydrogen) atoms. The first kappa shape index (κ1) is 16.5. The van der Waals surface area contributed by atoms with Crippen LogP contribution in [0.15, 0.2) is 63.8 Å². The molecule has 1 aliphatic heterocycles. The number of para-hydroxylation sites is 1. The van der Waals surface area contributed by atoms with Gasteiger partial charge in [0.15, 0.2) is 11.5 Å². The summed E-state index contributed by atoms with van der Waals surface area (Å²) in [6.07, 6.45) is 0.472. The van der Waals surface area contributed by atoms with Gasteiger partial charge in [-0.25, -0.2) is 0 Å². The van der Waals surface area contributed by atoms with E-state index in [9.17, 15) is 0 Å². The normalized spacial score (nSPS) is 14.9. The van der Waals surface area contributed by atoms with Crippen LogP contribution < -0.4 is 20.6 Å². The third-order valence-electron chi connectivity index (χ3n) is 3.71. The van der Waals surface area contributed by atoms with Gasteiger partial charge < -0.3 is 15.2 Å². The Morgan fingerprint density at radius 1 is 1.04 bits per heavy atom. The molecule has 1 aliphatic rings. The zero-order valence-electron chi connectivity index (χ0n) is 14.1. The lowest BCUT2D eigenvalue weighted by Crippen LogP contribution is -2.29. The zero-order chi connectivity index (χ0) is 17.6. The first-order valence-corrected chi connectivity index (χ1v) is 7.71. The molecule has 0 aliphatic carbocycles. The molecule has 2 aromatic carbocycles. The van der Waals surface area contributed by atoms with E-state index < -0.39 is 0 Å². The Bertz CT molecular complexity index is 844. The molecule has 0 bridgehead atoms. The first-order valence-electron chi connectivity index (χ1n) is 7.71. The van der Waals surface area contributed by atoms with Crippen molar-refractivity contribution in [1.82, 2.24) is 0 Å². The number of nitrogens with zero attached hydrogens (tertiary/aromatic N) is 3. The molecule has 1 heterocycles. The Hall–Kier alpha value is -3.35. The molecule has 7 heteroatoms. The average molecular weight is 337 g/mol. The van der Waals surface area contributed by atoms with Gasteiger partial charge in [-0.3, -0.25) is 5.43 Å². The maximum atomic E-state index is 5.92. The number of anilines is 1. The minimum atomic E-state index is 0.278. The van der Waals surface area contributed by atoms with Crippen molar-refractivity contribution in [2.75, 3.05) is 19.6 Å². The third-order valence-corrected chi connectivity index (χ3v) is 3.71. The maximum Gasteiger partial charge on any atom is 0.175 e. The minimum absolute atomic E-state index is 0.278. The van der Waals surface area contributed by atoms with Crippen LogP contribution in [-0.4, -0.2) is 31.5 Å². The van der Waals surface area contributed by atoms with Crippen LogP contribution in [0.1, 0.15) is 5.56 Å². The second kappa shape index (κ2) is 7.48. The second-order valence-electron chi connectivity index (χ2n) is 5.32. The lowest BCUT2D eigenvalue weighted by Gasteiger charge is -2.11. The van der Waals surface area contributed by atoms with E-state index in [0.717, 1.165) is 22.7 Å². The molecule has 3 N–H and O–H groups in total. The van der Waals surface area contributed by atoms with E-state index in [-0.39, 0.29) is 5.84 Å². The number of rotatable bonds is 6. The van der Waals surface area contributed by atoms with Gasteiger partial charge in [0.05, 0.1) is 25.6 Å². The highest BCUT2D eigenvalue weighted by molar-refractivity contribution is 6.69. The summed E-state index contributed by atoms with van der Waals surface area (Å²) >= 11 is 0. The standard InChI is InChI=1S/C18H19N5O2/c1-24-14-8-9-16(25-2)12(10-14)11-15-17(18(19)23-21-15)22-20-13-6-4-3-5-7-13/h3-10,20H,11H2,1-2H3,(H2,19,22,23). The second-order valence-corrected chi connectivity index (χ2v) is 5.32. The van der Waals surface area contributed by atoms with Crippen molar-refractivity contribution in [3.63, 3.8) is 0 Å². The van der Waals surface area contributed by atoms with Crippen molar-refractivity contribution in [1.29, 1.82) is 0 Å². The molecule has 0 fully saturated rings. The van der Waals surface area contributed by atoms with Gasteiger partial charge >= 0.3 is 0 Å². The molecule has 0 amide bonds. The zero-order valence-corrected chi connectivity index (χ0v) is 14.1. The van der Waals surface area contributed by atoms with Crippen molar-refractivity contribution in [3.05, 3.63) is 54.1 Å². The Balaban J connectivity index is 1.82. The monoisotopic (exact) mass is 337 g/mol.